The van der Waals surface area contributed by atoms with Gasteiger partial charge in [-0.1, -0.05) is 6.92 Å². The summed E-state index contributed by atoms with van der Waals surface area (Å²) in [7, 11) is 0. The van der Waals surface area contributed by atoms with E-state index in [1.807, 2.05) is 6.92 Å². The second-order valence-corrected chi connectivity index (χ2v) is 4.49. The van der Waals surface area contributed by atoms with Gasteiger partial charge in [0.1, 0.15) is 6.04 Å². The molecular weight excluding hydrogens is 208 g/mol. The number of amides is 1. The normalized spacial score (nSPS) is 27.1. The second-order valence-electron chi connectivity index (χ2n) is 4.49. The highest BCUT2D eigenvalue weighted by molar-refractivity contribution is 5.89. The molecule has 1 amide bonds. The van der Waals surface area contributed by atoms with Crippen molar-refractivity contribution in [2.45, 2.75) is 51.1 Å². The van der Waals surface area contributed by atoms with Crippen molar-refractivity contribution < 1.29 is 14.7 Å². The zero-order chi connectivity index (χ0) is 12.2. The van der Waals surface area contributed by atoms with Gasteiger partial charge in [0.2, 0.25) is 5.91 Å². The lowest BCUT2D eigenvalue weighted by molar-refractivity contribution is -0.143. The first kappa shape index (κ1) is 13.0. The molecule has 0 aromatic rings. The number of hydrogen-bond acceptors (Lipinski definition) is 3. The minimum Gasteiger partial charge on any atom is -0.480 e. The highest BCUT2D eigenvalue weighted by Gasteiger charge is 2.35. The van der Waals surface area contributed by atoms with Crippen LogP contribution in [0.5, 0.6) is 0 Å². The summed E-state index contributed by atoms with van der Waals surface area (Å²) in [5.41, 5.74) is -0.610. The Balaban J connectivity index is 2.59. The molecule has 1 fully saturated rings. The van der Waals surface area contributed by atoms with Gasteiger partial charge >= 0.3 is 5.97 Å². The number of hydrogen-bond donors (Lipinski definition) is 3. The number of carboxylic acids is 1. The maximum absolute atomic E-state index is 12.0. The summed E-state index contributed by atoms with van der Waals surface area (Å²) in [6, 6.07) is -0.784. The Morgan fingerprint density at radius 1 is 1.50 bits per heavy atom. The Labute approximate surface area is 95.6 Å². The largest absolute Gasteiger partial charge is 0.480 e. The van der Waals surface area contributed by atoms with Crippen LogP contribution in [0.3, 0.4) is 0 Å². The van der Waals surface area contributed by atoms with Crippen molar-refractivity contribution in [1.82, 2.24) is 10.6 Å². The van der Waals surface area contributed by atoms with Crippen LogP contribution in [0.25, 0.3) is 0 Å². The fourth-order valence-corrected chi connectivity index (χ4v) is 1.91. The van der Waals surface area contributed by atoms with Gasteiger partial charge in [-0.25, -0.2) is 4.79 Å². The van der Waals surface area contributed by atoms with Gasteiger partial charge in [0.25, 0.3) is 0 Å². The highest BCUT2D eigenvalue weighted by Crippen LogP contribution is 2.19. The van der Waals surface area contributed by atoms with Crippen LogP contribution in [0.1, 0.15) is 39.5 Å². The average molecular weight is 228 g/mol. The summed E-state index contributed by atoms with van der Waals surface area (Å²) in [4.78, 5) is 22.8. The van der Waals surface area contributed by atoms with Crippen LogP contribution in [0, 0.1) is 0 Å². The predicted molar refractivity (Wildman–Crippen MR) is 60.1 cm³/mol. The summed E-state index contributed by atoms with van der Waals surface area (Å²) >= 11 is 0. The molecule has 5 heteroatoms. The summed E-state index contributed by atoms with van der Waals surface area (Å²) in [6.07, 6.45) is 3.23. The Morgan fingerprint density at radius 2 is 2.19 bits per heavy atom. The highest BCUT2D eigenvalue weighted by atomic mass is 16.4. The molecule has 2 atom stereocenters. The zero-order valence-corrected chi connectivity index (χ0v) is 9.88. The molecule has 3 N–H and O–H groups in total. The third-order valence-corrected chi connectivity index (χ3v) is 3.13. The quantitative estimate of drug-likeness (QED) is 0.654. The minimum absolute atomic E-state index is 0.207. The molecule has 1 heterocycles. The van der Waals surface area contributed by atoms with E-state index in [0.717, 1.165) is 25.8 Å². The van der Waals surface area contributed by atoms with E-state index in [4.69, 9.17) is 5.11 Å². The molecule has 0 spiro atoms. The molecule has 1 aliphatic heterocycles. The van der Waals surface area contributed by atoms with Gasteiger partial charge in [-0.15, -0.1) is 0 Å². The maximum atomic E-state index is 12.0. The van der Waals surface area contributed by atoms with Crippen LogP contribution in [-0.4, -0.2) is 35.1 Å². The zero-order valence-electron chi connectivity index (χ0n) is 9.88. The van der Waals surface area contributed by atoms with Crippen LogP contribution in [0.4, 0.5) is 0 Å². The number of rotatable bonds is 4. The van der Waals surface area contributed by atoms with Crippen molar-refractivity contribution in [2.75, 3.05) is 6.54 Å². The van der Waals surface area contributed by atoms with Gasteiger partial charge in [0.05, 0.1) is 5.54 Å². The van der Waals surface area contributed by atoms with Crippen molar-refractivity contribution >= 4 is 11.9 Å². The molecule has 0 saturated carbocycles. The van der Waals surface area contributed by atoms with Gasteiger partial charge in [-0.05, 0) is 39.2 Å². The number of carbonyl (C=O) groups is 2. The Kier molecular flexibility index (Phi) is 4.29. The van der Waals surface area contributed by atoms with Gasteiger partial charge in [0.15, 0.2) is 0 Å². The Hall–Kier alpha value is -1.10. The van der Waals surface area contributed by atoms with Crippen molar-refractivity contribution in [2.24, 2.45) is 0 Å². The smallest absolute Gasteiger partial charge is 0.326 e. The number of carbonyl (C=O) groups excluding carboxylic acids is 1. The minimum atomic E-state index is -0.977. The fraction of sp³-hybridized carbons (Fsp3) is 0.818. The van der Waals surface area contributed by atoms with E-state index in [0.29, 0.717) is 6.42 Å². The predicted octanol–water partition coefficient (Wildman–Crippen LogP) is 0.498. The van der Waals surface area contributed by atoms with E-state index >= 15 is 0 Å². The number of nitrogens with one attached hydrogen (secondary N) is 2. The lowest BCUT2D eigenvalue weighted by Gasteiger charge is -2.34. The van der Waals surface area contributed by atoms with Crippen LogP contribution < -0.4 is 10.6 Å². The molecule has 0 aliphatic carbocycles. The van der Waals surface area contributed by atoms with Gasteiger partial charge in [-0.2, -0.15) is 0 Å². The average Bonchev–Trinajstić information content (AvgIpc) is 2.26. The fourth-order valence-electron chi connectivity index (χ4n) is 1.91. The van der Waals surface area contributed by atoms with E-state index in [-0.39, 0.29) is 5.91 Å². The summed E-state index contributed by atoms with van der Waals surface area (Å²) in [5, 5.41) is 14.6. The third-order valence-electron chi connectivity index (χ3n) is 3.13. The number of aliphatic carboxylic acids is 1. The van der Waals surface area contributed by atoms with E-state index in [2.05, 4.69) is 10.6 Å². The first-order chi connectivity index (χ1) is 7.49. The SMILES string of the molecule is CC[C@H](NC(=O)C1(C)CCCCN1)C(=O)O. The van der Waals surface area contributed by atoms with Crippen LogP contribution in [-0.2, 0) is 9.59 Å². The van der Waals surface area contributed by atoms with Crippen LogP contribution in [0.2, 0.25) is 0 Å². The molecular formula is C11H20N2O3. The summed E-state index contributed by atoms with van der Waals surface area (Å²) in [5.74, 6) is -1.18. The molecule has 0 aromatic carbocycles. The first-order valence-electron chi connectivity index (χ1n) is 5.78. The van der Waals surface area contributed by atoms with E-state index in [1.54, 1.807) is 6.92 Å². The van der Waals surface area contributed by atoms with Crippen molar-refractivity contribution in [1.29, 1.82) is 0 Å². The van der Waals surface area contributed by atoms with E-state index in [9.17, 15) is 9.59 Å². The lowest BCUT2D eigenvalue weighted by Crippen LogP contribution is -2.59. The summed E-state index contributed by atoms with van der Waals surface area (Å²) < 4.78 is 0. The summed E-state index contributed by atoms with van der Waals surface area (Å²) in [6.45, 7) is 4.39. The van der Waals surface area contributed by atoms with Gasteiger partial charge in [-0.3, -0.25) is 4.79 Å². The maximum Gasteiger partial charge on any atom is 0.326 e. The van der Waals surface area contributed by atoms with E-state index < -0.39 is 17.6 Å². The standard InChI is InChI=1S/C11H20N2O3/c1-3-8(9(14)15)13-10(16)11(2)6-4-5-7-12-11/h8,12H,3-7H2,1-2H3,(H,13,16)(H,14,15)/t8-,11?/m0/s1. The molecule has 1 saturated heterocycles. The topological polar surface area (TPSA) is 78.4 Å². The molecule has 5 nitrogen and oxygen atoms in total. The lowest BCUT2D eigenvalue weighted by atomic mass is 9.90. The number of carboxylic acid groups (broad SMARTS) is 1. The molecule has 0 bridgehead atoms. The van der Waals surface area contributed by atoms with Crippen LogP contribution in [0.15, 0.2) is 0 Å². The monoisotopic (exact) mass is 228 g/mol. The second kappa shape index (κ2) is 5.30. The molecule has 16 heavy (non-hydrogen) atoms. The van der Waals surface area contributed by atoms with Crippen molar-refractivity contribution in [3.8, 4) is 0 Å². The van der Waals surface area contributed by atoms with Crippen molar-refractivity contribution in [3.05, 3.63) is 0 Å². The Bertz CT molecular complexity index is 272. The van der Waals surface area contributed by atoms with E-state index in [1.165, 1.54) is 0 Å². The molecule has 0 radical (unpaired) electrons. The molecule has 92 valence electrons. The molecule has 1 rings (SSSR count). The number of piperidine rings is 1. The van der Waals surface area contributed by atoms with Gasteiger partial charge < -0.3 is 15.7 Å². The van der Waals surface area contributed by atoms with Gasteiger partial charge in [0, 0.05) is 0 Å². The van der Waals surface area contributed by atoms with Crippen molar-refractivity contribution in [3.63, 3.8) is 0 Å². The van der Waals surface area contributed by atoms with Crippen LogP contribution >= 0.6 is 0 Å². The molecule has 0 aromatic heterocycles. The first-order valence-corrected chi connectivity index (χ1v) is 5.78. The third kappa shape index (κ3) is 2.95. The Morgan fingerprint density at radius 3 is 2.62 bits per heavy atom. The molecule has 1 aliphatic rings. The molecule has 1 unspecified atom stereocenters.